The van der Waals surface area contributed by atoms with Gasteiger partial charge in [-0.3, -0.25) is 9.59 Å². The van der Waals surface area contributed by atoms with Gasteiger partial charge in [-0.2, -0.15) is 0 Å². The fraction of sp³-hybridized carbons (Fsp3) is 0.778. The largest absolute Gasteiger partial charge is 0.351 e. The summed E-state index contributed by atoms with van der Waals surface area (Å²) in [5.74, 6) is -0.209. The Labute approximate surface area is 259 Å². The van der Waals surface area contributed by atoms with Crippen molar-refractivity contribution < 1.29 is 9.59 Å². The van der Waals surface area contributed by atoms with Gasteiger partial charge in [0.1, 0.15) is 0 Å². The molecule has 6 nitrogen and oxygen atoms in total. The highest BCUT2D eigenvalue weighted by Gasteiger charge is 2.12. The highest BCUT2D eigenvalue weighted by atomic mass is 16.2. The van der Waals surface area contributed by atoms with Gasteiger partial charge in [-0.1, -0.05) is 111 Å². The summed E-state index contributed by atoms with van der Waals surface area (Å²) in [5.41, 5.74) is 1.10. The summed E-state index contributed by atoms with van der Waals surface area (Å²) >= 11 is 0. The molecule has 42 heavy (non-hydrogen) atoms. The molecular formula is C36H66N4O2. The number of rotatable bonds is 28. The van der Waals surface area contributed by atoms with E-state index in [0.29, 0.717) is 24.2 Å². The number of nitrogens with zero attached hydrogens (tertiary/aromatic N) is 2. The number of carbonyl (C=O) groups excluding carboxylic acids is 2. The second-order valence-corrected chi connectivity index (χ2v) is 12.0. The number of hydrogen-bond donors (Lipinski definition) is 2. The van der Waals surface area contributed by atoms with Crippen molar-refractivity contribution in [2.45, 2.75) is 130 Å². The van der Waals surface area contributed by atoms with E-state index in [9.17, 15) is 9.59 Å². The average Bonchev–Trinajstić information content (AvgIpc) is 3.00. The number of amides is 2. The van der Waals surface area contributed by atoms with Gasteiger partial charge in [0.05, 0.1) is 0 Å². The van der Waals surface area contributed by atoms with Gasteiger partial charge in [-0.25, -0.2) is 0 Å². The van der Waals surface area contributed by atoms with Crippen LogP contribution >= 0.6 is 0 Å². The molecule has 0 aliphatic rings. The van der Waals surface area contributed by atoms with Crippen molar-refractivity contribution in [1.82, 2.24) is 20.4 Å². The standard InChI is InChI=1S/C36H66N4O2/c1-5-9-13-17-26-39(27-18-14-10-6-2)30-24-37-35(41)33-22-21-23-34(32-33)36(42)38-25-31-40(28-19-15-11-7-3)29-20-16-12-8-4/h21-23,32H,5-20,24-31H2,1-4H3,(H,37,41)(H,38,42). The van der Waals surface area contributed by atoms with Crippen molar-refractivity contribution in [2.75, 3.05) is 52.4 Å². The molecule has 2 N–H and O–H groups in total. The smallest absolute Gasteiger partial charge is 0.251 e. The van der Waals surface area contributed by atoms with Crippen molar-refractivity contribution in [3.63, 3.8) is 0 Å². The zero-order valence-electron chi connectivity index (χ0n) is 28.0. The predicted octanol–water partition coefficient (Wildman–Crippen LogP) is 8.07. The molecule has 0 saturated carbocycles. The van der Waals surface area contributed by atoms with Crippen LogP contribution in [-0.4, -0.2) is 74.0 Å². The fourth-order valence-corrected chi connectivity index (χ4v) is 5.38. The SMILES string of the molecule is CCCCCCN(CCCCCC)CCNC(=O)c1cccc(C(=O)NCCN(CCCCCC)CCCCCC)c1. The summed E-state index contributed by atoms with van der Waals surface area (Å²) in [6.07, 6.45) is 20.2. The molecular weight excluding hydrogens is 520 g/mol. The molecule has 0 heterocycles. The molecule has 0 bridgehead atoms. The lowest BCUT2D eigenvalue weighted by Crippen LogP contribution is -2.37. The maximum atomic E-state index is 12.9. The highest BCUT2D eigenvalue weighted by molar-refractivity contribution is 5.99. The zero-order chi connectivity index (χ0) is 30.7. The fourth-order valence-electron chi connectivity index (χ4n) is 5.38. The second kappa shape index (κ2) is 26.7. The lowest BCUT2D eigenvalue weighted by molar-refractivity contribution is 0.0947. The van der Waals surface area contributed by atoms with Gasteiger partial charge in [0.25, 0.3) is 11.8 Å². The molecule has 0 radical (unpaired) electrons. The normalized spacial score (nSPS) is 11.4. The minimum atomic E-state index is -0.105. The van der Waals surface area contributed by atoms with Crippen LogP contribution in [0.25, 0.3) is 0 Å². The van der Waals surface area contributed by atoms with Crippen LogP contribution in [0.4, 0.5) is 0 Å². The number of hydrogen-bond acceptors (Lipinski definition) is 4. The number of benzene rings is 1. The van der Waals surface area contributed by atoms with E-state index in [1.165, 1.54) is 103 Å². The quantitative estimate of drug-likeness (QED) is 0.0975. The minimum absolute atomic E-state index is 0.105. The van der Waals surface area contributed by atoms with Gasteiger partial charge in [-0.15, -0.1) is 0 Å². The van der Waals surface area contributed by atoms with Crippen LogP contribution in [0.5, 0.6) is 0 Å². The summed E-state index contributed by atoms with van der Waals surface area (Å²) in [6, 6.07) is 7.14. The van der Waals surface area contributed by atoms with Crippen LogP contribution in [0.15, 0.2) is 24.3 Å². The monoisotopic (exact) mass is 587 g/mol. The van der Waals surface area contributed by atoms with Crippen molar-refractivity contribution in [2.24, 2.45) is 0 Å². The summed E-state index contributed by atoms with van der Waals surface area (Å²) in [7, 11) is 0. The Morgan fingerprint density at radius 1 is 0.500 bits per heavy atom. The Balaban J connectivity index is 2.54. The van der Waals surface area contributed by atoms with E-state index in [1.807, 2.05) is 6.07 Å². The van der Waals surface area contributed by atoms with E-state index in [0.717, 1.165) is 39.3 Å². The summed E-state index contributed by atoms with van der Waals surface area (Å²) in [5, 5.41) is 6.19. The van der Waals surface area contributed by atoms with E-state index in [2.05, 4.69) is 48.1 Å². The Bertz CT molecular complexity index is 715. The van der Waals surface area contributed by atoms with Gasteiger partial charge >= 0.3 is 0 Å². The Morgan fingerprint density at radius 3 is 1.14 bits per heavy atom. The topological polar surface area (TPSA) is 64.7 Å². The van der Waals surface area contributed by atoms with E-state index in [-0.39, 0.29) is 11.8 Å². The van der Waals surface area contributed by atoms with E-state index in [4.69, 9.17) is 0 Å². The molecule has 1 aromatic rings. The van der Waals surface area contributed by atoms with Gasteiger partial charge in [0, 0.05) is 37.3 Å². The third kappa shape index (κ3) is 19.3. The summed E-state index contributed by atoms with van der Waals surface area (Å²) in [4.78, 5) is 30.9. The molecule has 0 aromatic heterocycles. The van der Waals surface area contributed by atoms with E-state index >= 15 is 0 Å². The molecule has 0 saturated heterocycles. The van der Waals surface area contributed by atoms with Crippen LogP contribution in [0.1, 0.15) is 151 Å². The molecule has 0 aliphatic heterocycles. The Morgan fingerprint density at radius 2 is 0.833 bits per heavy atom. The summed E-state index contributed by atoms with van der Waals surface area (Å²) in [6.45, 7) is 16.4. The first-order valence-electron chi connectivity index (χ1n) is 17.7. The molecule has 0 spiro atoms. The van der Waals surface area contributed by atoms with Gasteiger partial charge in [0.15, 0.2) is 0 Å². The molecule has 0 fully saturated rings. The Kier molecular flexibility index (Phi) is 24.2. The lowest BCUT2D eigenvalue weighted by atomic mass is 10.1. The van der Waals surface area contributed by atoms with Gasteiger partial charge in [-0.05, 0) is 70.1 Å². The molecule has 2 amide bonds. The van der Waals surface area contributed by atoms with Crippen molar-refractivity contribution in [1.29, 1.82) is 0 Å². The van der Waals surface area contributed by atoms with E-state index in [1.54, 1.807) is 18.2 Å². The van der Waals surface area contributed by atoms with Crippen molar-refractivity contribution in [3.05, 3.63) is 35.4 Å². The van der Waals surface area contributed by atoms with Crippen molar-refractivity contribution in [3.8, 4) is 0 Å². The molecule has 1 aromatic carbocycles. The lowest BCUT2D eigenvalue weighted by Gasteiger charge is -2.23. The van der Waals surface area contributed by atoms with Gasteiger partial charge < -0.3 is 20.4 Å². The third-order valence-corrected chi connectivity index (χ3v) is 8.13. The first kappa shape index (κ1) is 38.1. The maximum Gasteiger partial charge on any atom is 0.251 e. The summed E-state index contributed by atoms with van der Waals surface area (Å²) < 4.78 is 0. The number of nitrogens with one attached hydrogen (secondary N) is 2. The van der Waals surface area contributed by atoms with Crippen molar-refractivity contribution >= 4 is 11.8 Å². The third-order valence-electron chi connectivity index (χ3n) is 8.13. The zero-order valence-corrected chi connectivity index (χ0v) is 28.0. The molecule has 6 heteroatoms. The molecule has 1 rings (SSSR count). The maximum absolute atomic E-state index is 12.9. The predicted molar refractivity (Wildman–Crippen MR) is 181 cm³/mol. The van der Waals surface area contributed by atoms with E-state index < -0.39 is 0 Å². The number of unbranched alkanes of at least 4 members (excludes halogenated alkanes) is 12. The van der Waals surface area contributed by atoms with Crippen LogP contribution in [0.3, 0.4) is 0 Å². The first-order chi connectivity index (χ1) is 20.5. The highest BCUT2D eigenvalue weighted by Crippen LogP contribution is 2.08. The molecule has 242 valence electrons. The van der Waals surface area contributed by atoms with Crippen LogP contribution in [-0.2, 0) is 0 Å². The van der Waals surface area contributed by atoms with Crippen LogP contribution in [0, 0.1) is 0 Å². The molecule has 0 atom stereocenters. The first-order valence-corrected chi connectivity index (χ1v) is 17.7. The van der Waals surface area contributed by atoms with Gasteiger partial charge in [0.2, 0.25) is 0 Å². The number of carbonyl (C=O) groups is 2. The van der Waals surface area contributed by atoms with Crippen LogP contribution < -0.4 is 10.6 Å². The molecule has 0 unspecified atom stereocenters. The molecule has 0 aliphatic carbocycles. The minimum Gasteiger partial charge on any atom is -0.351 e. The van der Waals surface area contributed by atoms with Crippen LogP contribution in [0.2, 0.25) is 0 Å². The second-order valence-electron chi connectivity index (χ2n) is 12.0. The average molecular weight is 587 g/mol. The Hall–Kier alpha value is -1.92.